The molecule has 0 spiro atoms. The average molecular weight is 267 g/mol. The van der Waals surface area contributed by atoms with Gasteiger partial charge in [-0.25, -0.2) is 4.39 Å². The van der Waals surface area contributed by atoms with Crippen LogP contribution >= 0.6 is 23.2 Å². The summed E-state index contributed by atoms with van der Waals surface area (Å²) in [5.74, 6) is -0.274. The largest absolute Gasteiger partial charge is 0.207 e. The Morgan fingerprint density at radius 1 is 1.00 bits per heavy atom. The molecule has 0 radical (unpaired) electrons. The van der Waals surface area contributed by atoms with Crippen LogP contribution in [-0.4, -0.2) is 0 Å². The first-order chi connectivity index (χ1) is 8.08. The molecule has 0 amide bonds. The number of hydrogen-bond donors (Lipinski definition) is 0. The predicted molar refractivity (Wildman–Crippen MR) is 71.0 cm³/mol. The molecule has 0 N–H and O–H groups in total. The molecule has 0 saturated carbocycles. The molecule has 86 valence electrons. The monoisotopic (exact) mass is 266 g/mol. The van der Waals surface area contributed by atoms with Gasteiger partial charge < -0.3 is 0 Å². The van der Waals surface area contributed by atoms with Gasteiger partial charge in [-0.1, -0.05) is 48.0 Å². The Morgan fingerprint density at radius 2 is 1.65 bits per heavy atom. The van der Waals surface area contributed by atoms with Gasteiger partial charge in [0.15, 0.2) is 0 Å². The summed E-state index contributed by atoms with van der Waals surface area (Å²) in [6.45, 7) is 3.97. The van der Waals surface area contributed by atoms with Crippen LogP contribution in [0.1, 0.15) is 11.1 Å². The Balaban J connectivity index is 2.40. The van der Waals surface area contributed by atoms with E-state index in [2.05, 4.69) is 6.58 Å². The topological polar surface area (TPSA) is 0 Å². The zero-order valence-corrected chi connectivity index (χ0v) is 10.4. The fourth-order valence-corrected chi connectivity index (χ4v) is 2.06. The molecule has 0 aliphatic carbocycles. The number of hydrogen-bond acceptors (Lipinski definition) is 0. The van der Waals surface area contributed by atoms with E-state index >= 15 is 0 Å². The molecule has 2 aromatic carbocycles. The van der Waals surface area contributed by atoms with Crippen molar-refractivity contribution in [2.45, 2.75) is 0 Å². The van der Waals surface area contributed by atoms with Crippen LogP contribution in [0.5, 0.6) is 0 Å². The second kappa shape index (κ2) is 4.91. The Morgan fingerprint density at radius 3 is 2.24 bits per heavy atom. The first kappa shape index (κ1) is 12.2. The van der Waals surface area contributed by atoms with Crippen molar-refractivity contribution in [2.75, 3.05) is 0 Å². The molecule has 3 heteroatoms. The molecule has 0 aromatic heterocycles. The summed E-state index contributed by atoms with van der Waals surface area (Å²) >= 11 is 11.9. The Kier molecular flexibility index (Phi) is 3.51. The van der Waals surface area contributed by atoms with Crippen molar-refractivity contribution < 1.29 is 4.39 Å². The minimum absolute atomic E-state index is 0.274. The summed E-state index contributed by atoms with van der Waals surface area (Å²) in [5.41, 5.74) is 2.37. The maximum absolute atomic E-state index is 12.8. The van der Waals surface area contributed by atoms with Crippen LogP contribution < -0.4 is 0 Å². The first-order valence-electron chi connectivity index (χ1n) is 4.98. The molecular formula is C14H9Cl2F. The number of benzene rings is 2. The van der Waals surface area contributed by atoms with Crippen LogP contribution in [0.3, 0.4) is 0 Å². The van der Waals surface area contributed by atoms with Gasteiger partial charge in [0.25, 0.3) is 0 Å². The van der Waals surface area contributed by atoms with E-state index in [1.807, 2.05) is 0 Å². The third kappa shape index (κ3) is 2.68. The Hall–Kier alpha value is -1.31. The molecule has 17 heavy (non-hydrogen) atoms. The van der Waals surface area contributed by atoms with Gasteiger partial charge in [-0.2, -0.15) is 0 Å². The van der Waals surface area contributed by atoms with Gasteiger partial charge in [0.1, 0.15) is 5.82 Å². The third-order valence-electron chi connectivity index (χ3n) is 2.45. The highest BCUT2D eigenvalue weighted by atomic mass is 35.5. The zero-order valence-electron chi connectivity index (χ0n) is 8.88. The summed E-state index contributed by atoms with van der Waals surface area (Å²) in [4.78, 5) is 0. The fraction of sp³-hybridized carbons (Fsp3) is 0. The molecule has 0 nitrogen and oxygen atoms in total. The lowest BCUT2D eigenvalue weighted by Gasteiger charge is -2.08. The molecule has 2 rings (SSSR count). The lowest BCUT2D eigenvalue weighted by atomic mass is 10.00. The van der Waals surface area contributed by atoms with Crippen LogP contribution in [0.15, 0.2) is 49.0 Å². The quantitative estimate of drug-likeness (QED) is 0.702. The van der Waals surface area contributed by atoms with Crippen molar-refractivity contribution in [3.63, 3.8) is 0 Å². The molecule has 0 aliphatic rings. The lowest BCUT2D eigenvalue weighted by molar-refractivity contribution is 0.627. The van der Waals surface area contributed by atoms with Crippen molar-refractivity contribution in [2.24, 2.45) is 0 Å². The van der Waals surface area contributed by atoms with E-state index in [1.54, 1.807) is 30.3 Å². The highest BCUT2D eigenvalue weighted by Crippen LogP contribution is 2.30. The van der Waals surface area contributed by atoms with Crippen molar-refractivity contribution in [3.05, 3.63) is 76.0 Å². The maximum atomic E-state index is 12.8. The number of halogens is 3. The van der Waals surface area contributed by atoms with Gasteiger partial charge >= 0.3 is 0 Å². The minimum Gasteiger partial charge on any atom is -0.207 e. The van der Waals surface area contributed by atoms with Gasteiger partial charge in [0.05, 0.1) is 0 Å². The molecule has 0 heterocycles. The molecule has 0 aliphatic heterocycles. The van der Waals surface area contributed by atoms with E-state index in [9.17, 15) is 4.39 Å². The van der Waals surface area contributed by atoms with Crippen molar-refractivity contribution in [3.8, 4) is 0 Å². The van der Waals surface area contributed by atoms with E-state index < -0.39 is 0 Å². The Labute approximate surface area is 109 Å². The van der Waals surface area contributed by atoms with Crippen LogP contribution in [0, 0.1) is 5.82 Å². The predicted octanol–water partition coefficient (Wildman–Crippen LogP) is 5.19. The normalized spacial score (nSPS) is 10.3. The standard InChI is InChI=1S/C14H9Cl2F/c1-9(10-2-5-12(17)6-3-10)13-7-4-11(15)8-14(13)16/h2-8H,1H2. The van der Waals surface area contributed by atoms with E-state index in [0.29, 0.717) is 10.0 Å². The molecule has 0 atom stereocenters. The van der Waals surface area contributed by atoms with Crippen LogP contribution in [0.25, 0.3) is 5.57 Å². The third-order valence-corrected chi connectivity index (χ3v) is 3.00. The van der Waals surface area contributed by atoms with E-state index in [-0.39, 0.29) is 5.82 Å². The smallest absolute Gasteiger partial charge is 0.123 e. The summed E-state index contributed by atoms with van der Waals surface area (Å²) in [6, 6.07) is 11.3. The summed E-state index contributed by atoms with van der Waals surface area (Å²) in [5, 5.41) is 1.11. The van der Waals surface area contributed by atoms with E-state index in [4.69, 9.17) is 23.2 Å². The van der Waals surface area contributed by atoms with Gasteiger partial charge in [-0.05, 0) is 35.4 Å². The molecule has 0 fully saturated rings. The molecule has 0 saturated heterocycles. The van der Waals surface area contributed by atoms with Gasteiger partial charge in [0, 0.05) is 15.6 Å². The van der Waals surface area contributed by atoms with Gasteiger partial charge in [-0.3, -0.25) is 0 Å². The van der Waals surface area contributed by atoms with Gasteiger partial charge in [0.2, 0.25) is 0 Å². The van der Waals surface area contributed by atoms with Crippen LogP contribution in [0.2, 0.25) is 10.0 Å². The summed E-state index contributed by atoms with van der Waals surface area (Å²) < 4.78 is 12.8. The minimum atomic E-state index is -0.274. The Bertz CT molecular complexity index is 559. The van der Waals surface area contributed by atoms with Crippen molar-refractivity contribution in [1.82, 2.24) is 0 Å². The summed E-state index contributed by atoms with van der Waals surface area (Å²) in [7, 11) is 0. The second-order valence-corrected chi connectivity index (χ2v) is 4.45. The molecule has 2 aromatic rings. The second-order valence-electron chi connectivity index (χ2n) is 3.61. The van der Waals surface area contributed by atoms with E-state index in [0.717, 1.165) is 16.7 Å². The first-order valence-corrected chi connectivity index (χ1v) is 5.74. The summed E-state index contributed by atoms with van der Waals surface area (Å²) in [6.07, 6.45) is 0. The molecule has 0 bridgehead atoms. The fourth-order valence-electron chi connectivity index (χ4n) is 1.54. The lowest BCUT2D eigenvalue weighted by Crippen LogP contribution is -1.88. The van der Waals surface area contributed by atoms with Gasteiger partial charge in [-0.15, -0.1) is 0 Å². The van der Waals surface area contributed by atoms with Crippen LogP contribution in [-0.2, 0) is 0 Å². The SMILES string of the molecule is C=C(c1ccc(F)cc1)c1ccc(Cl)cc1Cl. The van der Waals surface area contributed by atoms with E-state index in [1.165, 1.54) is 12.1 Å². The highest BCUT2D eigenvalue weighted by Gasteiger charge is 2.07. The zero-order chi connectivity index (χ0) is 12.4. The number of rotatable bonds is 2. The van der Waals surface area contributed by atoms with Crippen molar-refractivity contribution >= 4 is 28.8 Å². The average Bonchev–Trinajstić information content (AvgIpc) is 2.29. The maximum Gasteiger partial charge on any atom is 0.123 e. The van der Waals surface area contributed by atoms with Crippen molar-refractivity contribution in [1.29, 1.82) is 0 Å². The highest BCUT2D eigenvalue weighted by molar-refractivity contribution is 6.35. The van der Waals surface area contributed by atoms with Crippen LogP contribution in [0.4, 0.5) is 4.39 Å². The molecule has 0 unspecified atom stereocenters. The molecular weight excluding hydrogens is 258 g/mol.